The van der Waals surface area contributed by atoms with Crippen molar-refractivity contribution in [1.82, 2.24) is 5.32 Å². The summed E-state index contributed by atoms with van der Waals surface area (Å²) in [7, 11) is 1.59. The summed E-state index contributed by atoms with van der Waals surface area (Å²) in [5, 5.41) is 3.27. The molecule has 1 unspecified atom stereocenters. The smallest absolute Gasteiger partial charge is 0.183 e. The number of Topliss-reactive ketones (excluding diaryl/α,β-unsaturated/α-hetero) is 1. The molecule has 1 fully saturated rings. The van der Waals surface area contributed by atoms with E-state index in [1.807, 2.05) is 18.2 Å². The molecule has 0 saturated carbocycles. The third-order valence-corrected chi connectivity index (χ3v) is 3.55. The second-order valence-corrected chi connectivity index (χ2v) is 5.13. The van der Waals surface area contributed by atoms with Crippen molar-refractivity contribution in [3.8, 4) is 5.75 Å². The van der Waals surface area contributed by atoms with E-state index in [4.69, 9.17) is 4.74 Å². The van der Waals surface area contributed by atoms with Crippen LogP contribution in [0.5, 0.6) is 5.75 Å². The summed E-state index contributed by atoms with van der Waals surface area (Å²) >= 11 is 3.39. The first-order valence-corrected chi connectivity index (χ1v) is 6.63. The lowest BCUT2D eigenvalue weighted by Crippen LogP contribution is -2.40. The summed E-state index contributed by atoms with van der Waals surface area (Å²) < 4.78 is 6.14. The van der Waals surface area contributed by atoms with Gasteiger partial charge in [-0.3, -0.25) is 4.79 Å². The largest absolute Gasteiger partial charge is 0.496 e. The van der Waals surface area contributed by atoms with Gasteiger partial charge in [-0.2, -0.15) is 0 Å². The van der Waals surface area contributed by atoms with Crippen molar-refractivity contribution in [2.45, 2.75) is 25.3 Å². The summed E-state index contributed by atoms with van der Waals surface area (Å²) in [6.07, 6.45) is 3.17. The highest BCUT2D eigenvalue weighted by Gasteiger charge is 2.24. The summed E-state index contributed by atoms with van der Waals surface area (Å²) in [4.78, 5) is 12.4. The average molecular weight is 298 g/mol. The number of ketones is 1. The van der Waals surface area contributed by atoms with Gasteiger partial charge in [0, 0.05) is 4.47 Å². The van der Waals surface area contributed by atoms with Gasteiger partial charge in [0.05, 0.1) is 18.7 Å². The first-order valence-electron chi connectivity index (χ1n) is 5.83. The molecule has 4 heteroatoms. The lowest BCUT2D eigenvalue weighted by Gasteiger charge is -2.23. The van der Waals surface area contributed by atoms with Gasteiger partial charge in [-0.15, -0.1) is 0 Å². The van der Waals surface area contributed by atoms with Crippen LogP contribution in [-0.4, -0.2) is 25.5 Å². The Morgan fingerprint density at radius 3 is 2.94 bits per heavy atom. The molecule has 1 N–H and O–H groups in total. The first kappa shape index (κ1) is 12.6. The number of hydrogen-bond donors (Lipinski definition) is 1. The van der Waals surface area contributed by atoms with Gasteiger partial charge in [0.1, 0.15) is 5.75 Å². The van der Waals surface area contributed by atoms with Crippen molar-refractivity contribution < 1.29 is 9.53 Å². The van der Waals surface area contributed by atoms with E-state index in [1.165, 1.54) is 0 Å². The van der Waals surface area contributed by atoms with Crippen LogP contribution < -0.4 is 10.1 Å². The van der Waals surface area contributed by atoms with E-state index in [0.717, 1.165) is 30.3 Å². The lowest BCUT2D eigenvalue weighted by molar-refractivity contribution is 0.0924. The number of piperidine rings is 1. The quantitative estimate of drug-likeness (QED) is 0.872. The molecular formula is C13H16BrNO2. The number of ether oxygens (including phenoxy) is 1. The maximum atomic E-state index is 12.4. The molecular weight excluding hydrogens is 282 g/mol. The minimum atomic E-state index is -0.0630. The zero-order valence-electron chi connectivity index (χ0n) is 9.83. The van der Waals surface area contributed by atoms with Crippen LogP contribution in [0.4, 0.5) is 0 Å². The van der Waals surface area contributed by atoms with E-state index in [0.29, 0.717) is 11.3 Å². The highest BCUT2D eigenvalue weighted by molar-refractivity contribution is 9.10. The van der Waals surface area contributed by atoms with E-state index >= 15 is 0 Å². The minimum absolute atomic E-state index is 0.0630. The van der Waals surface area contributed by atoms with E-state index in [2.05, 4.69) is 21.2 Å². The van der Waals surface area contributed by atoms with Gasteiger partial charge in [-0.1, -0.05) is 22.4 Å². The summed E-state index contributed by atoms with van der Waals surface area (Å²) in [5.74, 6) is 0.772. The molecule has 0 bridgehead atoms. The Balaban J connectivity index is 2.25. The third-order valence-electron chi connectivity index (χ3n) is 3.05. The number of hydrogen-bond acceptors (Lipinski definition) is 3. The Kier molecular flexibility index (Phi) is 4.18. The molecule has 1 atom stereocenters. The van der Waals surface area contributed by atoms with Gasteiger partial charge in [0.15, 0.2) is 5.78 Å². The second-order valence-electron chi connectivity index (χ2n) is 4.21. The normalized spacial score (nSPS) is 20.0. The van der Waals surface area contributed by atoms with Crippen LogP contribution in [-0.2, 0) is 0 Å². The van der Waals surface area contributed by atoms with Gasteiger partial charge in [-0.05, 0) is 37.6 Å². The van der Waals surface area contributed by atoms with Crippen LogP contribution in [0.1, 0.15) is 29.6 Å². The zero-order chi connectivity index (χ0) is 12.3. The molecule has 0 spiro atoms. The van der Waals surface area contributed by atoms with Crippen molar-refractivity contribution in [3.05, 3.63) is 28.2 Å². The third kappa shape index (κ3) is 2.87. The van der Waals surface area contributed by atoms with Gasteiger partial charge < -0.3 is 10.1 Å². The molecule has 1 aliphatic heterocycles. The number of carbonyl (C=O) groups is 1. The monoisotopic (exact) mass is 297 g/mol. The highest BCUT2D eigenvalue weighted by atomic mass is 79.9. The molecule has 1 aromatic rings. The molecule has 1 aliphatic rings. The average Bonchev–Trinajstić information content (AvgIpc) is 2.39. The first-order chi connectivity index (χ1) is 8.22. The fourth-order valence-corrected chi connectivity index (χ4v) is 2.50. The van der Waals surface area contributed by atoms with Crippen molar-refractivity contribution in [1.29, 1.82) is 0 Å². The Labute approximate surface area is 110 Å². The Morgan fingerprint density at radius 1 is 1.47 bits per heavy atom. The number of halogens is 1. The lowest BCUT2D eigenvalue weighted by atomic mass is 9.96. The molecule has 0 aromatic heterocycles. The Morgan fingerprint density at radius 2 is 2.29 bits per heavy atom. The molecule has 1 heterocycles. The fraction of sp³-hybridized carbons (Fsp3) is 0.462. The van der Waals surface area contributed by atoms with E-state index in [-0.39, 0.29) is 11.8 Å². The molecule has 3 nitrogen and oxygen atoms in total. The van der Waals surface area contributed by atoms with Crippen LogP contribution >= 0.6 is 15.9 Å². The predicted octanol–water partition coefficient (Wildman–Crippen LogP) is 2.78. The second kappa shape index (κ2) is 5.65. The highest BCUT2D eigenvalue weighted by Crippen LogP contribution is 2.25. The van der Waals surface area contributed by atoms with Crippen molar-refractivity contribution in [2.75, 3.05) is 13.7 Å². The zero-order valence-corrected chi connectivity index (χ0v) is 11.4. The Bertz CT molecular complexity index is 414. The maximum absolute atomic E-state index is 12.4. The molecule has 0 aliphatic carbocycles. The number of rotatable bonds is 3. The molecule has 2 rings (SSSR count). The van der Waals surface area contributed by atoms with Gasteiger partial charge in [0.2, 0.25) is 0 Å². The van der Waals surface area contributed by atoms with Crippen molar-refractivity contribution in [2.24, 2.45) is 0 Å². The van der Waals surface area contributed by atoms with Crippen LogP contribution in [0.25, 0.3) is 0 Å². The molecule has 0 amide bonds. The number of carbonyl (C=O) groups excluding carboxylic acids is 1. The van der Waals surface area contributed by atoms with E-state index in [1.54, 1.807) is 7.11 Å². The van der Waals surface area contributed by atoms with Crippen LogP contribution in [0.15, 0.2) is 22.7 Å². The van der Waals surface area contributed by atoms with E-state index in [9.17, 15) is 4.79 Å². The van der Waals surface area contributed by atoms with Gasteiger partial charge in [-0.25, -0.2) is 0 Å². The maximum Gasteiger partial charge on any atom is 0.183 e. The molecule has 0 radical (unpaired) electrons. The summed E-state index contributed by atoms with van der Waals surface area (Å²) in [6.45, 7) is 0.923. The standard InChI is InChI=1S/C13H16BrNO2/c1-17-12-6-5-9(14)8-10(12)13(16)11-4-2-3-7-15-11/h5-6,8,11,15H,2-4,7H2,1H3. The number of methoxy groups -OCH3 is 1. The molecule has 17 heavy (non-hydrogen) atoms. The molecule has 92 valence electrons. The van der Waals surface area contributed by atoms with Crippen LogP contribution in [0.3, 0.4) is 0 Å². The topological polar surface area (TPSA) is 38.3 Å². The van der Waals surface area contributed by atoms with Gasteiger partial charge in [0.25, 0.3) is 0 Å². The SMILES string of the molecule is COc1ccc(Br)cc1C(=O)C1CCCCN1. The van der Waals surface area contributed by atoms with Crippen molar-refractivity contribution >= 4 is 21.7 Å². The van der Waals surface area contributed by atoms with E-state index < -0.39 is 0 Å². The van der Waals surface area contributed by atoms with Crippen LogP contribution in [0.2, 0.25) is 0 Å². The summed E-state index contributed by atoms with van der Waals surface area (Å²) in [6, 6.07) is 5.47. The molecule has 1 saturated heterocycles. The number of benzene rings is 1. The summed E-state index contributed by atoms with van der Waals surface area (Å²) in [5.41, 5.74) is 0.654. The van der Waals surface area contributed by atoms with Crippen molar-refractivity contribution in [3.63, 3.8) is 0 Å². The minimum Gasteiger partial charge on any atom is -0.496 e. The molecule has 1 aromatic carbocycles. The number of nitrogens with one attached hydrogen (secondary N) is 1. The fourth-order valence-electron chi connectivity index (χ4n) is 2.14. The predicted molar refractivity (Wildman–Crippen MR) is 70.7 cm³/mol. The van der Waals surface area contributed by atoms with Crippen LogP contribution in [0, 0.1) is 0 Å². The Hall–Kier alpha value is -0.870. The van der Waals surface area contributed by atoms with Gasteiger partial charge >= 0.3 is 0 Å².